The van der Waals surface area contributed by atoms with Crippen LogP contribution in [0.1, 0.15) is 16.1 Å². The molecule has 66 valence electrons. The van der Waals surface area contributed by atoms with E-state index in [0.29, 0.717) is 5.69 Å². The lowest BCUT2D eigenvalue weighted by atomic mass is 10.1. The summed E-state index contributed by atoms with van der Waals surface area (Å²) in [4.78, 5) is 11.0. The molecule has 0 atom stereocenters. The van der Waals surface area contributed by atoms with Gasteiger partial charge in [0.1, 0.15) is 5.69 Å². The van der Waals surface area contributed by atoms with E-state index in [1.165, 1.54) is 11.5 Å². The Balaban J connectivity index is 2.86. The minimum Gasteiger partial charge on any atom is -0.274 e. The van der Waals surface area contributed by atoms with Crippen LogP contribution in [-0.2, 0) is 0 Å². The van der Waals surface area contributed by atoms with E-state index in [0.717, 1.165) is 15.6 Å². The summed E-state index contributed by atoms with van der Waals surface area (Å²) in [6.45, 7) is 1.94. The van der Waals surface area contributed by atoms with Gasteiger partial charge in [-0.25, -0.2) is 0 Å². The van der Waals surface area contributed by atoms with E-state index in [9.17, 15) is 4.79 Å². The first-order chi connectivity index (χ1) is 6.20. The Morgan fingerprint density at radius 1 is 1.54 bits per heavy atom. The standard InChI is InChI=1S/C9H6ClNOS/c1-5-3-2-4-6-7(5)8(9(10)12)11-13-6/h2-4H,1H3. The molecule has 0 saturated carbocycles. The van der Waals surface area contributed by atoms with Crippen molar-refractivity contribution < 1.29 is 4.79 Å². The van der Waals surface area contributed by atoms with Crippen LogP contribution in [0.3, 0.4) is 0 Å². The van der Waals surface area contributed by atoms with E-state index in [4.69, 9.17) is 11.6 Å². The number of aromatic nitrogens is 1. The fourth-order valence-corrected chi connectivity index (χ4v) is 2.33. The summed E-state index contributed by atoms with van der Waals surface area (Å²) in [7, 11) is 0. The molecular weight excluding hydrogens is 206 g/mol. The van der Waals surface area contributed by atoms with Crippen LogP contribution >= 0.6 is 23.1 Å². The Morgan fingerprint density at radius 2 is 2.31 bits per heavy atom. The number of carbonyl (C=O) groups excluding carboxylic acids is 1. The van der Waals surface area contributed by atoms with E-state index in [1.54, 1.807) is 0 Å². The molecule has 0 N–H and O–H groups in total. The Hall–Kier alpha value is -0.930. The largest absolute Gasteiger partial charge is 0.274 e. The Morgan fingerprint density at radius 3 is 3.00 bits per heavy atom. The minimum atomic E-state index is -0.486. The van der Waals surface area contributed by atoms with Crippen molar-refractivity contribution in [2.45, 2.75) is 6.92 Å². The van der Waals surface area contributed by atoms with Gasteiger partial charge in [0.2, 0.25) is 0 Å². The summed E-state index contributed by atoms with van der Waals surface area (Å²) in [5.41, 5.74) is 1.41. The highest BCUT2D eigenvalue weighted by molar-refractivity contribution is 7.13. The second kappa shape index (κ2) is 3.09. The molecule has 0 bridgehead atoms. The second-order valence-corrected chi connectivity index (χ2v) is 3.90. The fourth-order valence-electron chi connectivity index (χ4n) is 1.29. The average Bonchev–Trinajstić information content (AvgIpc) is 2.49. The first-order valence-electron chi connectivity index (χ1n) is 3.75. The molecule has 1 aromatic heterocycles. The van der Waals surface area contributed by atoms with Crippen LogP contribution in [0.2, 0.25) is 0 Å². The maximum Gasteiger partial charge on any atom is 0.272 e. The van der Waals surface area contributed by atoms with Gasteiger partial charge in [0.15, 0.2) is 0 Å². The SMILES string of the molecule is Cc1cccc2snc(C(=O)Cl)c12. The lowest BCUT2D eigenvalue weighted by Crippen LogP contribution is -1.89. The highest BCUT2D eigenvalue weighted by Gasteiger charge is 2.12. The van der Waals surface area contributed by atoms with Crippen molar-refractivity contribution in [1.82, 2.24) is 4.37 Å². The van der Waals surface area contributed by atoms with Gasteiger partial charge in [-0.1, -0.05) is 12.1 Å². The molecule has 13 heavy (non-hydrogen) atoms. The lowest BCUT2D eigenvalue weighted by Gasteiger charge is -1.94. The van der Waals surface area contributed by atoms with E-state index < -0.39 is 5.24 Å². The molecule has 0 amide bonds. The molecule has 0 aliphatic carbocycles. The van der Waals surface area contributed by atoms with Crippen molar-refractivity contribution in [2.75, 3.05) is 0 Å². The molecule has 2 nitrogen and oxygen atoms in total. The Kier molecular flexibility index (Phi) is 2.06. The van der Waals surface area contributed by atoms with E-state index >= 15 is 0 Å². The van der Waals surface area contributed by atoms with Crippen LogP contribution in [0.4, 0.5) is 0 Å². The number of aryl methyl sites for hydroxylation is 1. The van der Waals surface area contributed by atoms with Crippen molar-refractivity contribution in [2.24, 2.45) is 0 Å². The highest BCUT2D eigenvalue weighted by Crippen LogP contribution is 2.26. The van der Waals surface area contributed by atoms with Gasteiger partial charge in [0, 0.05) is 5.39 Å². The predicted molar refractivity (Wildman–Crippen MR) is 54.5 cm³/mol. The Labute approximate surface area is 84.3 Å². The van der Waals surface area contributed by atoms with Crippen LogP contribution < -0.4 is 0 Å². The molecule has 0 spiro atoms. The van der Waals surface area contributed by atoms with Gasteiger partial charge < -0.3 is 0 Å². The number of fused-ring (bicyclic) bond motifs is 1. The zero-order valence-corrected chi connectivity index (χ0v) is 8.45. The van der Waals surface area contributed by atoms with Crippen molar-refractivity contribution in [3.8, 4) is 0 Å². The predicted octanol–water partition coefficient (Wildman–Crippen LogP) is 2.98. The van der Waals surface area contributed by atoms with E-state index in [2.05, 4.69) is 4.37 Å². The molecule has 0 unspecified atom stereocenters. The highest BCUT2D eigenvalue weighted by atomic mass is 35.5. The molecule has 0 fully saturated rings. The zero-order valence-electron chi connectivity index (χ0n) is 6.87. The molecule has 1 heterocycles. The third kappa shape index (κ3) is 1.34. The van der Waals surface area contributed by atoms with Crippen LogP contribution in [0, 0.1) is 6.92 Å². The molecule has 2 aromatic rings. The maximum absolute atomic E-state index is 11.0. The van der Waals surface area contributed by atoms with Crippen LogP contribution in [0.5, 0.6) is 0 Å². The summed E-state index contributed by atoms with van der Waals surface area (Å²) < 4.78 is 5.02. The van der Waals surface area contributed by atoms with Crippen molar-refractivity contribution >= 4 is 38.5 Å². The van der Waals surface area contributed by atoms with Gasteiger partial charge in [-0.3, -0.25) is 4.79 Å². The number of carbonyl (C=O) groups is 1. The van der Waals surface area contributed by atoms with Crippen LogP contribution in [0.25, 0.3) is 10.1 Å². The zero-order chi connectivity index (χ0) is 9.42. The Bertz CT molecular complexity index is 477. The number of nitrogens with zero attached hydrogens (tertiary/aromatic N) is 1. The van der Waals surface area contributed by atoms with Crippen LogP contribution in [0.15, 0.2) is 18.2 Å². The summed E-state index contributed by atoms with van der Waals surface area (Å²) >= 11 is 6.70. The number of halogens is 1. The van der Waals surface area contributed by atoms with Crippen molar-refractivity contribution in [1.29, 1.82) is 0 Å². The molecule has 0 aliphatic rings. The topological polar surface area (TPSA) is 30.0 Å². The van der Waals surface area contributed by atoms with Crippen LogP contribution in [-0.4, -0.2) is 9.62 Å². The summed E-state index contributed by atoms with van der Waals surface area (Å²) in [5, 5.41) is 0.396. The third-order valence-corrected chi connectivity index (χ3v) is 2.88. The first-order valence-corrected chi connectivity index (χ1v) is 4.90. The number of rotatable bonds is 1. The quantitative estimate of drug-likeness (QED) is 0.679. The molecule has 0 aliphatic heterocycles. The first kappa shape index (κ1) is 8.66. The number of hydrogen-bond donors (Lipinski definition) is 0. The molecule has 0 radical (unpaired) electrons. The average molecular weight is 212 g/mol. The van der Waals surface area contributed by atoms with Gasteiger partial charge in [0.25, 0.3) is 5.24 Å². The second-order valence-electron chi connectivity index (χ2n) is 2.75. The maximum atomic E-state index is 11.0. The lowest BCUT2D eigenvalue weighted by molar-refractivity contribution is 0.107. The number of benzene rings is 1. The molecule has 0 saturated heterocycles. The van der Waals surface area contributed by atoms with Gasteiger partial charge in [-0.2, -0.15) is 4.37 Å². The summed E-state index contributed by atoms with van der Waals surface area (Å²) in [5.74, 6) is 0. The van der Waals surface area contributed by atoms with Gasteiger partial charge >= 0.3 is 0 Å². The van der Waals surface area contributed by atoms with Crippen molar-refractivity contribution in [3.63, 3.8) is 0 Å². The molecular formula is C9H6ClNOS. The van der Waals surface area contributed by atoms with E-state index in [-0.39, 0.29) is 0 Å². The number of hydrogen-bond acceptors (Lipinski definition) is 3. The normalized spacial score (nSPS) is 10.6. The van der Waals surface area contributed by atoms with E-state index in [1.807, 2.05) is 25.1 Å². The van der Waals surface area contributed by atoms with Gasteiger partial charge in [-0.15, -0.1) is 0 Å². The monoisotopic (exact) mass is 211 g/mol. The third-order valence-electron chi connectivity index (χ3n) is 1.89. The van der Waals surface area contributed by atoms with Crippen molar-refractivity contribution in [3.05, 3.63) is 29.5 Å². The fraction of sp³-hybridized carbons (Fsp3) is 0.111. The molecule has 1 aromatic carbocycles. The molecule has 2 rings (SSSR count). The smallest absolute Gasteiger partial charge is 0.272 e. The summed E-state index contributed by atoms with van der Waals surface area (Å²) in [6, 6.07) is 5.82. The molecule has 4 heteroatoms. The van der Waals surface area contributed by atoms with Gasteiger partial charge in [0.05, 0.1) is 4.70 Å². The van der Waals surface area contributed by atoms with Gasteiger partial charge in [-0.05, 0) is 41.7 Å². The minimum absolute atomic E-state index is 0.375. The summed E-state index contributed by atoms with van der Waals surface area (Å²) in [6.07, 6.45) is 0.